The summed E-state index contributed by atoms with van der Waals surface area (Å²) in [6.07, 6.45) is 1.91. The number of primary amides is 1. The molecule has 0 unspecified atom stereocenters. The van der Waals surface area contributed by atoms with Crippen LogP contribution in [0.3, 0.4) is 0 Å². The van der Waals surface area contributed by atoms with Crippen LogP contribution < -0.4 is 11.1 Å². The lowest BCUT2D eigenvalue weighted by atomic mass is 10.2. The van der Waals surface area contributed by atoms with Gasteiger partial charge in [0.25, 0.3) is 5.91 Å². The number of nitrogens with two attached hydrogens (primary N) is 1. The molecule has 3 aromatic rings. The largest absolute Gasteiger partial charge is 0.370 e. The third-order valence-corrected chi connectivity index (χ3v) is 4.23. The summed E-state index contributed by atoms with van der Waals surface area (Å²) >= 11 is 1.44. The summed E-state index contributed by atoms with van der Waals surface area (Å²) in [6, 6.07) is 11.4. The number of fused-ring (bicyclic) bond motifs is 1. The second-order valence-corrected chi connectivity index (χ2v) is 5.87. The monoisotopic (exact) mass is 314 g/mol. The number of nitrogens with one attached hydrogen (secondary N) is 1. The number of nitrogens with zero attached hydrogens (tertiary/aromatic N) is 2. The highest BCUT2D eigenvalue weighted by Gasteiger charge is 2.11. The second kappa shape index (κ2) is 5.98. The Bertz CT molecular complexity index is 804. The molecule has 0 radical (unpaired) electrons. The van der Waals surface area contributed by atoms with E-state index in [-0.39, 0.29) is 18.2 Å². The van der Waals surface area contributed by atoms with Gasteiger partial charge in [0.2, 0.25) is 5.91 Å². The van der Waals surface area contributed by atoms with Crippen molar-refractivity contribution >= 4 is 39.1 Å². The molecular weight excluding hydrogens is 300 g/mol. The maximum Gasteiger partial charge on any atom is 0.266 e. The maximum atomic E-state index is 12.2. The molecule has 0 atom stereocenters. The lowest BCUT2D eigenvalue weighted by Crippen LogP contribution is -2.15. The first-order valence-corrected chi connectivity index (χ1v) is 7.55. The first kappa shape index (κ1) is 14.3. The van der Waals surface area contributed by atoms with E-state index >= 15 is 0 Å². The number of carbonyl (C=O) groups excluding carboxylic acids is 2. The predicted octanol–water partition coefficient (Wildman–Crippen LogP) is 2.23. The zero-order valence-corrected chi connectivity index (χ0v) is 12.5. The first-order chi connectivity index (χ1) is 10.6. The molecule has 2 amide bonds. The van der Waals surface area contributed by atoms with Gasteiger partial charge in [-0.15, -0.1) is 11.3 Å². The Morgan fingerprint density at radius 2 is 2.09 bits per heavy atom. The second-order valence-electron chi connectivity index (χ2n) is 4.78. The van der Waals surface area contributed by atoms with Gasteiger partial charge < -0.3 is 11.1 Å². The first-order valence-electron chi connectivity index (χ1n) is 6.73. The van der Waals surface area contributed by atoms with E-state index in [1.807, 2.05) is 30.3 Å². The third-order valence-electron chi connectivity index (χ3n) is 3.12. The molecule has 2 aromatic heterocycles. The number of carbonyl (C=O) groups is 2. The van der Waals surface area contributed by atoms with Gasteiger partial charge in [-0.25, -0.2) is 0 Å². The Labute approximate surface area is 130 Å². The van der Waals surface area contributed by atoms with Gasteiger partial charge in [0.15, 0.2) is 5.82 Å². The van der Waals surface area contributed by atoms with Gasteiger partial charge in [-0.1, -0.05) is 18.2 Å². The number of benzene rings is 1. The topological polar surface area (TPSA) is 90.0 Å². The summed E-state index contributed by atoms with van der Waals surface area (Å²) in [5.41, 5.74) is 5.09. The number of amides is 2. The summed E-state index contributed by atoms with van der Waals surface area (Å²) in [4.78, 5) is 23.6. The number of aromatic nitrogens is 2. The lowest BCUT2D eigenvalue weighted by molar-refractivity contribution is -0.118. The molecule has 1 aromatic carbocycles. The summed E-state index contributed by atoms with van der Waals surface area (Å²) in [5.74, 6) is -0.125. The predicted molar refractivity (Wildman–Crippen MR) is 85.8 cm³/mol. The molecule has 112 valence electrons. The van der Waals surface area contributed by atoms with Crippen molar-refractivity contribution in [3.8, 4) is 0 Å². The van der Waals surface area contributed by atoms with Gasteiger partial charge in [-0.2, -0.15) is 5.10 Å². The van der Waals surface area contributed by atoms with Crippen LogP contribution in [0.5, 0.6) is 0 Å². The van der Waals surface area contributed by atoms with Crippen molar-refractivity contribution in [1.29, 1.82) is 0 Å². The van der Waals surface area contributed by atoms with Crippen LogP contribution in [0.25, 0.3) is 10.1 Å². The standard InChI is InChI=1S/C15H14N4O2S/c16-13(20)5-7-19-8-6-14(18-19)17-15(21)12-9-10-3-1-2-4-11(10)22-12/h1-4,6,8-9H,5,7H2,(H2,16,20)(H,17,18,21). The molecule has 7 heteroatoms. The molecule has 0 aliphatic rings. The molecule has 0 aliphatic carbocycles. The minimum absolute atomic E-state index is 0.193. The van der Waals surface area contributed by atoms with E-state index in [4.69, 9.17) is 5.73 Å². The van der Waals surface area contributed by atoms with Crippen LogP contribution in [0.2, 0.25) is 0 Å². The highest BCUT2D eigenvalue weighted by molar-refractivity contribution is 7.20. The SMILES string of the molecule is NC(=O)CCn1ccc(NC(=O)c2cc3ccccc3s2)n1. The highest BCUT2D eigenvalue weighted by atomic mass is 32.1. The van der Waals surface area contributed by atoms with Gasteiger partial charge in [-0.3, -0.25) is 14.3 Å². The number of hydrogen-bond donors (Lipinski definition) is 2. The Morgan fingerprint density at radius 3 is 2.86 bits per heavy atom. The molecule has 0 saturated heterocycles. The third kappa shape index (κ3) is 3.15. The van der Waals surface area contributed by atoms with E-state index in [9.17, 15) is 9.59 Å². The molecule has 0 aliphatic heterocycles. The zero-order valence-electron chi connectivity index (χ0n) is 11.7. The van der Waals surface area contributed by atoms with E-state index in [1.165, 1.54) is 11.3 Å². The van der Waals surface area contributed by atoms with Crippen molar-refractivity contribution in [3.63, 3.8) is 0 Å². The van der Waals surface area contributed by atoms with Crippen molar-refractivity contribution in [2.45, 2.75) is 13.0 Å². The van der Waals surface area contributed by atoms with Crippen molar-refractivity contribution in [2.24, 2.45) is 5.73 Å². The van der Waals surface area contributed by atoms with E-state index in [2.05, 4.69) is 10.4 Å². The maximum absolute atomic E-state index is 12.2. The average Bonchev–Trinajstić information content (AvgIpc) is 3.11. The smallest absolute Gasteiger partial charge is 0.266 e. The van der Waals surface area contributed by atoms with Crippen molar-refractivity contribution in [3.05, 3.63) is 47.5 Å². The summed E-state index contributed by atoms with van der Waals surface area (Å²) in [7, 11) is 0. The lowest BCUT2D eigenvalue weighted by Gasteiger charge is -2.00. The minimum Gasteiger partial charge on any atom is -0.370 e. The quantitative estimate of drug-likeness (QED) is 0.756. The van der Waals surface area contributed by atoms with Crippen LogP contribution in [-0.4, -0.2) is 21.6 Å². The molecule has 0 spiro atoms. The Hall–Kier alpha value is -2.67. The van der Waals surface area contributed by atoms with Crippen LogP contribution in [0.1, 0.15) is 16.1 Å². The van der Waals surface area contributed by atoms with Crippen molar-refractivity contribution < 1.29 is 9.59 Å². The summed E-state index contributed by atoms with van der Waals surface area (Å²) in [5, 5.41) is 7.98. The van der Waals surface area contributed by atoms with E-state index in [0.29, 0.717) is 17.2 Å². The van der Waals surface area contributed by atoms with E-state index in [1.54, 1.807) is 16.9 Å². The number of aryl methyl sites for hydroxylation is 1. The Morgan fingerprint density at radius 1 is 1.27 bits per heavy atom. The summed E-state index contributed by atoms with van der Waals surface area (Å²) in [6.45, 7) is 0.397. The molecule has 2 heterocycles. The summed E-state index contributed by atoms with van der Waals surface area (Å²) < 4.78 is 2.64. The molecule has 3 N–H and O–H groups in total. The number of hydrogen-bond acceptors (Lipinski definition) is 4. The van der Waals surface area contributed by atoms with Crippen molar-refractivity contribution in [1.82, 2.24) is 9.78 Å². The van der Waals surface area contributed by atoms with Crippen LogP contribution in [0.15, 0.2) is 42.6 Å². The Balaban J connectivity index is 1.69. The van der Waals surface area contributed by atoms with Crippen LogP contribution in [0, 0.1) is 0 Å². The minimum atomic E-state index is -0.383. The van der Waals surface area contributed by atoms with Crippen LogP contribution >= 0.6 is 11.3 Å². The fourth-order valence-corrected chi connectivity index (χ4v) is 3.01. The molecule has 6 nitrogen and oxygen atoms in total. The normalized spacial score (nSPS) is 10.7. The van der Waals surface area contributed by atoms with Crippen molar-refractivity contribution in [2.75, 3.05) is 5.32 Å². The van der Waals surface area contributed by atoms with Gasteiger partial charge in [0.1, 0.15) is 0 Å². The average molecular weight is 314 g/mol. The Kier molecular flexibility index (Phi) is 3.88. The fraction of sp³-hybridized carbons (Fsp3) is 0.133. The molecule has 0 bridgehead atoms. The fourth-order valence-electron chi connectivity index (χ4n) is 2.05. The van der Waals surface area contributed by atoms with Gasteiger partial charge in [-0.05, 0) is 17.5 Å². The zero-order chi connectivity index (χ0) is 15.5. The molecule has 0 saturated carbocycles. The van der Waals surface area contributed by atoms with E-state index in [0.717, 1.165) is 10.1 Å². The van der Waals surface area contributed by atoms with Gasteiger partial charge in [0, 0.05) is 29.9 Å². The molecule has 0 fully saturated rings. The number of rotatable bonds is 5. The van der Waals surface area contributed by atoms with E-state index < -0.39 is 0 Å². The molecular formula is C15H14N4O2S. The van der Waals surface area contributed by atoms with Gasteiger partial charge in [0.05, 0.1) is 4.88 Å². The molecule has 22 heavy (non-hydrogen) atoms. The van der Waals surface area contributed by atoms with Gasteiger partial charge >= 0.3 is 0 Å². The number of thiophene rings is 1. The molecule has 3 rings (SSSR count). The number of anilines is 1. The van der Waals surface area contributed by atoms with Crippen LogP contribution in [0.4, 0.5) is 5.82 Å². The highest BCUT2D eigenvalue weighted by Crippen LogP contribution is 2.25. The van der Waals surface area contributed by atoms with Crippen LogP contribution in [-0.2, 0) is 11.3 Å².